The minimum atomic E-state index is -0.286. The van der Waals surface area contributed by atoms with Crippen molar-refractivity contribution in [2.75, 3.05) is 18.0 Å². The molecule has 0 radical (unpaired) electrons. The Labute approximate surface area is 149 Å². The number of hydrogen-bond acceptors (Lipinski definition) is 5. The number of piperidine rings is 1. The molecule has 0 amide bonds. The number of anilines is 1. The molecule has 0 spiro atoms. The molecular weight excluding hydrogens is 343 g/mol. The molecule has 2 bridgehead atoms. The molecule has 2 unspecified atom stereocenters. The van der Waals surface area contributed by atoms with Crippen molar-refractivity contribution in [1.29, 1.82) is 0 Å². The number of oxazole rings is 1. The summed E-state index contributed by atoms with van der Waals surface area (Å²) in [6.07, 6.45) is 4.10. The second kappa shape index (κ2) is 5.68. The standard InChI is InChI=1S/C18H16ClFN4O/c19-12-1-2-17-16(4-12)22-18(25-17)24-14-5-15(24)10-23(9-14)8-11-3-13(20)7-21-6-11/h1-4,6-7,14-15H,5,8-10H2. The first-order valence-corrected chi connectivity index (χ1v) is 8.70. The number of halogens is 2. The lowest BCUT2D eigenvalue weighted by molar-refractivity contribution is 0.102. The maximum atomic E-state index is 13.3. The number of fused-ring (bicyclic) bond motifs is 3. The first-order valence-electron chi connectivity index (χ1n) is 8.32. The van der Waals surface area contributed by atoms with Crippen LogP contribution in [-0.4, -0.2) is 40.0 Å². The van der Waals surface area contributed by atoms with E-state index in [2.05, 4.69) is 19.8 Å². The van der Waals surface area contributed by atoms with Crippen molar-refractivity contribution in [2.24, 2.45) is 0 Å². The molecule has 0 aliphatic carbocycles. The van der Waals surface area contributed by atoms with Crippen molar-refractivity contribution in [2.45, 2.75) is 25.0 Å². The molecule has 3 saturated heterocycles. The fourth-order valence-corrected chi connectivity index (χ4v) is 4.10. The molecule has 5 nitrogen and oxygen atoms in total. The van der Waals surface area contributed by atoms with Crippen LogP contribution < -0.4 is 4.90 Å². The van der Waals surface area contributed by atoms with Crippen molar-refractivity contribution in [3.8, 4) is 0 Å². The van der Waals surface area contributed by atoms with Gasteiger partial charge in [-0.3, -0.25) is 9.88 Å². The largest absolute Gasteiger partial charge is 0.423 e. The molecule has 3 aliphatic heterocycles. The summed E-state index contributed by atoms with van der Waals surface area (Å²) in [5.74, 6) is -0.286. The third-order valence-corrected chi connectivity index (χ3v) is 5.23. The summed E-state index contributed by atoms with van der Waals surface area (Å²) < 4.78 is 19.2. The summed E-state index contributed by atoms with van der Waals surface area (Å²) in [6, 6.07) is 8.47. The Bertz CT molecular complexity index is 934. The van der Waals surface area contributed by atoms with Crippen LogP contribution in [0.4, 0.5) is 10.4 Å². The minimum Gasteiger partial charge on any atom is -0.423 e. The van der Waals surface area contributed by atoms with Crippen LogP contribution in [0.1, 0.15) is 12.0 Å². The van der Waals surface area contributed by atoms with Crippen LogP contribution in [0.25, 0.3) is 11.1 Å². The van der Waals surface area contributed by atoms with Crippen molar-refractivity contribution >= 4 is 28.7 Å². The van der Waals surface area contributed by atoms with Gasteiger partial charge in [0.05, 0.1) is 6.20 Å². The first-order chi connectivity index (χ1) is 12.2. The van der Waals surface area contributed by atoms with E-state index >= 15 is 0 Å². The molecular formula is C18H16ClFN4O. The highest BCUT2D eigenvalue weighted by molar-refractivity contribution is 6.31. The first kappa shape index (κ1) is 15.1. The van der Waals surface area contributed by atoms with Crippen molar-refractivity contribution in [1.82, 2.24) is 14.9 Å². The molecule has 1 aromatic carbocycles. The van der Waals surface area contributed by atoms with E-state index in [0.717, 1.165) is 42.7 Å². The Morgan fingerprint density at radius 3 is 2.84 bits per heavy atom. The molecule has 3 fully saturated rings. The zero-order chi connectivity index (χ0) is 17.0. The molecule has 25 heavy (non-hydrogen) atoms. The van der Waals surface area contributed by atoms with Gasteiger partial charge in [0.2, 0.25) is 0 Å². The lowest BCUT2D eigenvalue weighted by atomic mass is 9.88. The molecule has 128 valence electrons. The van der Waals surface area contributed by atoms with E-state index in [1.807, 2.05) is 18.2 Å². The molecule has 6 rings (SSSR count). The van der Waals surface area contributed by atoms with Gasteiger partial charge in [-0.1, -0.05) is 11.6 Å². The smallest absolute Gasteiger partial charge is 0.298 e. The number of benzene rings is 1. The van der Waals surface area contributed by atoms with Gasteiger partial charge in [-0.05, 0) is 36.2 Å². The molecule has 3 aromatic rings. The van der Waals surface area contributed by atoms with E-state index in [-0.39, 0.29) is 5.82 Å². The normalized spacial score (nSPS) is 23.0. The van der Waals surface area contributed by atoms with Crippen LogP contribution >= 0.6 is 11.6 Å². The van der Waals surface area contributed by atoms with Gasteiger partial charge in [0.15, 0.2) is 5.58 Å². The van der Waals surface area contributed by atoms with Crippen LogP contribution in [0, 0.1) is 5.82 Å². The molecule has 2 aromatic heterocycles. The van der Waals surface area contributed by atoms with E-state index < -0.39 is 0 Å². The summed E-state index contributed by atoms with van der Waals surface area (Å²) >= 11 is 6.02. The Hall–Kier alpha value is -2.18. The number of hydrogen-bond donors (Lipinski definition) is 0. The summed E-state index contributed by atoms with van der Waals surface area (Å²) in [5.41, 5.74) is 2.45. The maximum absolute atomic E-state index is 13.3. The SMILES string of the molecule is Fc1cncc(CN2CC3CC(C2)N3c2nc3cc(Cl)ccc3o2)c1. The van der Waals surface area contributed by atoms with Gasteiger partial charge in [-0.15, -0.1) is 0 Å². The number of piperazine rings is 1. The molecule has 5 heterocycles. The van der Waals surface area contributed by atoms with E-state index in [1.165, 1.54) is 6.20 Å². The van der Waals surface area contributed by atoms with Gasteiger partial charge in [0.1, 0.15) is 11.3 Å². The van der Waals surface area contributed by atoms with Crippen LogP contribution in [0.15, 0.2) is 41.1 Å². The van der Waals surface area contributed by atoms with Crippen molar-refractivity contribution < 1.29 is 8.81 Å². The molecule has 0 saturated carbocycles. The lowest BCUT2D eigenvalue weighted by Crippen LogP contribution is -2.68. The van der Waals surface area contributed by atoms with Crippen LogP contribution in [0.2, 0.25) is 5.02 Å². The van der Waals surface area contributed by atoms with Gasteiger partial charge in [0.25, 0.3) is 6.01 Å². The monoisotopic (exact) mass is 358 g/mol. The third-order valence-electron chi connectivity index (χ3n) is 5.00. The lowest BCUT2D eigenvalue weighted by Gasteiger charge is -2.55. The number of aromatic nitrogens is 2. The topological polar surface area (TPSA) is 45.4 Å². The Morgan fingerprint density at radius 2 is 2.04 bits per heavy atom. The Morgan fingerprint density at radius 1 is 1.20 bits per heavy atom. The highest BCUT2D eigenvalue weighted by Gasteiger charge is 2.46. The summed E-state index contributed by atoms with van der Waals surface area (Å²) in [7, 11) is 0. The number of nitrogens with zero attached hydrogens (tertiary/aromatic N) is 4. The fourth-order valence-electron chi connectivity index (χ4n) is 3.94. The van der Waals surface area contributed by atoms with E-state index in [9.17, 15) is 4.39 Å². The zero-order valence-corrected chi connectivity index (χ0v) is 14.2. The van der Waals surface area contributed by atoms with Crippen LogP contribution in [-0.2, 0) is 6.54 Å². The van der Waals surface area contributed by atoms with Gasteiger partial charge in [-0.25, -0.2) is 4.39 Å². The van der Waals surface area contributed by atoms with Crippen molar-refractivity contribution in [3.05, 3.63) is 53.1 Å². The predicted molar refractivity (Wildman–Crippen MR) is 93.2 cm³/mol. The molecule has 0 N–H and O–H groups in total. The van der Waals surface area contributed by atoms with Gasteiger partial charge < -0.3 is 9.32 Å². The minimum absolute atomic E-state index is 0.286. The summed E-state index contributed by atoms with van der Waals surface area (Å²) in [6.45, 7) is 2.54. The third kappa shape index (κ3) is 2.65. The van der Waals surface area contributed by atoms with E-state index in [1.54, 1.807) is 12.3 Å². The van der Waals surface area contributed by atoms with E-state index in [4.69, 9.17) is 16.0 Å². The van der Waals surface area contributed by atoms with Crippen LogP contribution in [0.5, 0.6) is 0 Å². The predicted octanol–water partition coefficient (Wildman–Crippen LogP) is 3.48. The molecule has 7 heteroatoms. The summed E-state index contributed by atoms with van der Waals surface area (Å²) in [4.78, 5) is 13.1. The Balaban J connectivity index is 1.32. The maximum Gasteiger partial charge on any atom is 0.298 e. The second-order valence-corrected chi connectivity index (χ2v) is 7.20. The highest BCUT2D eigenvalue weighted by atomic mass is 35.5. The average molecular weight is 359 g/mol. The number of pyridine rings is 1. The average Bonchev–Trinajstić information content (AvgIpc) is 2.96. The van der Waals surface area contributed by atoms with Gasteiger partial charge >= 0.3 is 0 Å². The molecule has 2 atom stereocenters. The number of rotatable bonds is 3. The van der Waals surface area contributed by atoms with E-state index in [0.29, 0.717) is 23.1 Å². The second-order valence-electron chi connectivity index (χ2n) is 6.76. The van der Waals surface area contributed by atoms with Gasteiger partial charge in [0, 0.05) is 42.9 Å². The zero-order valence-electron chi connectivity index (χ0n) is 13.4. The van der Waals surface area contributed by atoms with Gasteiger partial charge in [-0.2, -0.15) is 4.98 Å². The van der Waals surface area contributed by atoms with Crippen LogP contribution in [0.3, 0.4) is 0 Å². The fraction of sp³-hybridized carbons (Fsp3) is 0.333. The van der Waals surface area contributed by atoms with Crippen molar-refractivity contribution in [3.63, 3.8) is 0 Å². The Kier molecular flexibility index (Phi) is 3.43. The quantitative estimate of drug-likeness (QED) is 0.717. The molecule has 3 aliphatic rings. The summed E-state index contributed by atoms with van der Waals surface area (Å²) in [5, 5.41) is 0.658. The highest BCUT2D eigenvalue weighted by Crippen LogP contribution is 2.38.